The highest BCUT2D eigenvalue weighted by Gasteiger charge is 2.22. The fourth-order valence-corrected chi connectivity index (χ4v) is 6.30. The molecule has 3 unspecified atom stereocenters. The third-order valence-corrected chi connectivity index (χ3v) is 9.76. The Morgan fingerprint density at radius 2 is 1.12 bits per heavy atom. The summed E-state index contributed by atoms with van der Waals surface area (Å²) in [7, 11) is 1.22. The topological polar surface area (TPSA) is 108 Å². The molecule has 0 aromatic heterocycles. The molecule has 0 aliphatic carbocycles. The van der Waals surface area contributed by atoms with Gasteiger partial charge in [-0.15, -0.1) is 0 Å². The van der Waals surface area contributed by atoms with Crippen LogP contribution < -0.4 is 10.2 Å². The fraction of sp³-hybridized carbons (Fsp3) is 0.829. The number of aliphatic hydroxyl groups excluding tert-OH is 1. The Bertz CT molecular complexity index is 917. The van der Waals surface area contributed by atoms with Gasteiger partial charge in [-0.3, -0.25) is 9.36 Å². The number of quaternary nitrogens is 1. The van der Waals surface area contributed by atoms with Crippen molar-refractivity contribution in [1.29, 1.82) is 0 Å². The zero-order chi connectivity index (χ0) is 37.2. The Kier molecular flexibility index (Phi) is 32.7. The molecule has 3 atom stereocenters. The van der Waals surface area contributed by atoms with Crippen LogP contribution in [0.15, 0.2) is 36.5 Å². The monoisotopic (exact) mass is 727 g/mol. The Labute approximate surface area is 308 Å². The Morgan fingerprint density at radius 1 is 0.680 bits per heavy atom. The van der Waals surface area contributed by atoms with Gasteiger partial charge in [-0.2, -0.15) is 0 Å². The smallest absolute Gasteiger partial charge is 0.268 e. The predicted molar refractivity (Wildman–Crippen MR) is 210 cm³/mol. The van der Waals surface area contributed by atoms with E-state index < -0.39 is 26.6 Å². The first kappa shape index (κ1) is 48.7. The van der Waals surface area contributed by atoms with Gasteiger partial charge >= 0.3 is 0 Å². The lowest BCUT2D eigenvalue weighted by Gasteiger charge is -2.29. The second-order valence-corrected chi connectivity index (χ2v) is 16.4. The molecule has 50 heavy (non-hydrogen) atoms. The number of allylic oxidation sites excluding steroid dienone is 5. The largest absolute Gasteiger partial charge is 0.756 e. The van der Waals surface area contributed by atoms with Crippen molar-refractivity contribution in [2.24, 2.45) is 0 Å². The van der Waals surface area contributed by atoms with Crippen LogP contribution in [-0.4, -0.2) is 68.5 Å². The quantitative estimate of drug-likeness (QED) is 0.0288. The number of hydrogen-bond acceptors (Lipinski definition) is 6. The van der Waals surface area contributed by atoms with Gasteiger partial charge in [-0.05, 0) is 44.9 Å². The van der Waals surface area contributed by atoms with Crippen molar-refractivity contribution in [2.75, 3.05) is 40.9 Å². The highest BCUT2D eigenvalue weighted by Crippen LogP contribution is 2.38. The maximum absolute atomic E-state index is 12.2. The molecule has 1 amide bonds. The first-order chi connectivity index (χ1) is 24.0. The molecule has 0 fully saturated rings. The highest BCUT2D eigenvalue weighted by molar-refractivity contribution is 7.45. The summed E-state index contributed by atoms with van der Waals surface area (Å²) >= 11 is 0. The van der Waals surface area contributed by atoms with E-state index in [2.05, 4.69) is 36.5 Å². The molecule has 0 bridgehead atoms. The molecule has 0 aromatic carbocycles. The highest BCUT2D eigenvalue weighted by atomic mass is 31.2. The van der Waals surface area contributed by atoms with E-state index in [4.69, 9.17) is 9.05 Å². The number of hydrogen-bond donors (Lipinski definition) is 2. The number of carbonyl (C=O) groups is 1. The standard InChI is InChI=1S/C41H79N2O6P/c1-6-8-9-10-11-12-13-14-15-16-17-18-19-20-21-22-23-24-25-26-27-28-29-30-31-32-33-35-40(44)39(42-41(45)34-7-2)38-49-50(46,47)48-37-36-43(3,4)5/h25-26,29-30,33,35,39-40,44H,6-24,27-28,31-32,34,36-38H2,1-5H3,(H-,42,45,46,47)/b26-25+,30-29+,35-33+. The third-order valence-electron chi connectivity index (χ3n) is 8.80. The molecule has 0 saturated heterocycles. The van der Waals surface area contributed by atoms with Gasteiger partial charge in [0.25, 0.3) is 7.82 Å². The molecule has 9 heteroatoms. The van der Waals surface area contributed by atoms with E-state index in [9.17, 15) is 19.4 Å². The second kappa shape index (κ2) is 33.5. The van der Waals surface area contributed by atoms with Crippen molar-refractivity contribution in [3.63, 3.8) is 0 Å². The summed E-state index contributed by atoms with van der Waals surface area (Å²) in [5.41, 5.74) is 0. The van der Waals surface area contributed by atoms with Gasteiger partial charge in [0.2, 0.25) is 5.91 Å². The predicted octanol–water partition coefficient (Wildman–Crippen LogP) is 10.1. The maximum atomic E-state index is 12.2. The van der Waals surface area contributed by atoms with Gasteiger partial charge in [0.05, 0.1) is 39.9 Å². The van der Waals surface area contributed by atoms with E-state index in [-0.39, 0.29) is 18.9 Å². The van der Waals surface area contributed by atoms with E-state index in [0.717, 1.165) is 25.7 Å². The number of aliphatic hydroxyl groups is 1. The minimum atomic E-state index is -4.56. The van der Waals surface area contributed by atoms with Crippen molar-refractivity contribution in [3.05, 3.63) is 36.5 Å². The normalized spacial score (nSPS) is 14.9. The van der Waals surface area contributed by atoms with Crippen LogP contribution >= 0.6 is 7.82 Å². The van der Waals surface area contributed by atoms with Crippen molar-refractivity contribution in [3.8, 4) is 0 Å². The molecule has 0 rings (SSSR count). The van der Waals surface area contributed by atoms with Gasteiger partial charge in [-0.1, -0.05) is 153 Å². The molecule has 8 nitrogen and oxygen atoms in total. The van der Waals surface area contributed by atoms with E-state index >= 15 is 0 Å². The summed E-state index contributed by atoms with van der Waals surface area (Å²) in [4.78, 5) is 24.4. The first-order valence-corrected chi connectivity index (χ1v) is 21.8. The lowest BCUT2D eigenvalue weighted by atomic mass is 10.0. The second-order valence-electron chi connectivity index (χ2n) is 15.0. The molecule has 0 radical (unpaired) electrons. The number of unbranched alkanes of at least 4 members (excludes halogenated alkanes) is 19. The number of phosphoric acid groups is 1. The lowest BCUT2D eigenvalue weighted by Crippen LogP contribution is -2.45. The van der Waals surface area contributed by atoms with Crippen molar-refractivity contribution >= 4 is 13.7 Å². The first-order valence-electron chi connectivity index (χ1n) is 20.4. The number of rotatable bonds is 36. The number of phosphoric ester groups is 1. The van der Waals surface area contributed by atoms with E-state index in [1.54, 1.807) is 6.08 Å². The minimum absolute atomic E-state index is 0.0109. The molecule has 0 aliphatic rings. The Balaban J connectivity index is 3.95. The van der Waals surface area contributed by atoms with Gasteiger partial charge in [-0.25, -0.2) is 0 Å². The Morgan fingerprint density at radius 3 is 1.58 bits per heavy atom. The van der Waals surface area contributed by atoms with Crippen LogP contribution in [0, 0.1) is 0 Å². The van der Waals surface area contributed by atoms with Crippen LogP contribution in [0.4, 0.5) is 0 Å². The molecule has 0 spiro atoms. The maximum Gasteiger partial charge on any atom is 0.268 e. The van der Waals surface area contributed by atoms with Gasteiger partial charge < -0.3 is 28.8 Å². The summed E-state index contributed by atoms with van der Waals surface area (Å²) in [6.45, 7) is 4.24. The Hall–Kier alpha value is -1.28. The summed E-state index contributed by atoms with van der Waals surface area (Å²) in [5.74, 6) is -0.266. The number of carbonyl (C=O) groups excluding carboxylic acids is 1. The molecule has 2 N–H and O–H groups in total. The zero-order valence-electron chi connectivity index (χ0n) is 33.1. The van der Waals surface area contributed by atoms with Gasteiger partial charge in [0, 0.05) is 6.42 Å². The van der Waals surface area contributed by atoms with Crippen molar-refractivity contribution in [2.45, 2.75) is 180 Å². The van der Waals surface area contributed by atoms with Crippen LogP contribution in [0.5, 0.6) is 0 Å². The van der Waals surface area contributed by atoms with Crippen LogP contribution in [-0.2, 0) is 18.4 Å². The molecule has 294 valence electrons. The molecular formula is C41H79N2O6P. The zero-order valence-corrected chi connectivity index (χ0v) is 34.0. The fourth-order valence-electron chi connectivity index (χ4n) is 5.58. The minimum Gasteiger partial charge on any atom is -0.756 e. The van der Waals surface area contributed by atoms with E-state index in [1.165, 1.54) is 116 Å². The molecule has 0 heterocycles. The van der Waals surface area contributed by atoms with Crippen molar-refractivity contribution in [1.82, 2.24) is 5.32 Å². The SMILES string of the molecule is CCCCCCCCCCCCCCCCCCC/C=C/CC/C=C/CC/C=C/C(O)C(COP(=O)([O-])OCC[N+](C)(C)C)NC(=O)CCC. The number of nitrogens with one attached hydrogen (secondary N) is 1. The third kappa shape index (κ3) is 35.1. The summed E-state index contributed by atoms with van der Waals surface area (Å²) in [5, 5.41) is 13.3. The molecular weight excluding hydrogens is 647 g/mol. The van der Waals surface area contributed by atoms with Crippen LogP contribution in [0.25, 0.3) is 0 Å². The van der Waals surface area contributed by atoms with Crippen LogP contribution in [0.2, 0.25) is 0 Å². The molecule has 0 aliphatic heterocycles. The van der Waals surface area contributed by atoms with Crippen LogP contribution in [0.1, 0.15) is 168 Å². The summed E-state index contributed by atoms with van der Waals surface area (Å²) in [6, 6.07) is -0.902. The number of amides is 1. The van der Waals surface area contributed by atoms with Gasteiger partial charge in [0.15, 0.2) is 0 Å². The summed E-state index contributed by atoms with van der Waals surface area (Å²) < 4.78 is 22.7. The molecule has 0 saturated carbocycles. The lowest BCUT2D eigenvalue weighted by molar-refractivity contribution is -0.870. The van der Waals surface area contributed by atoms with Gasteiger partial charge in [0.1, 0.15) is 13.2 Å². The van der Waals surface area contributed by atoms with E-state index in [1.807, 2.05) is 34.1 Å². The number of nitrogens with zero attached hydrogens (tertiary/aromatic N) is 1. The summed E-state index contributed by atoms with van der Waals surface area (Å²) in [6.07, 6.45) is 40.9. The van der Waals surface area contributed by atoms with Crippen molar-refractivity contribution < 1.29 is 32.9 Å². The molecule has 0 aromatic rings. The van der Waals surface area contributed by atoms with E-state index in [0.29, 0.717) is 17.4 Å². The average Bonchev–Trinajstić information content (AvgIpc) is 3.05. The van der Waals surface area contributed by atoms with Crippen LogP contribution in [0.3, 0.4) is 0 Å². The average molecular weight is 727 g/mol. The number of likely N-dealkylation sites (N-methyl/N-ethyl adjacent to an activating group) is 1.